The van der Waals surface area contributed by atoms with Crippen LogP contribution >= 0.6 is 0 Å². The summed E-state index contributed by atoms with van der Waals surface area (Å²) >= 11 is 0. The van der Waals surface area contributed by atoms with Crippen LogP contribution < -0.4 is 4.74 Å². The molecule has 2 bridgehead atoms. The standard InChI is InChI=1S/C10H14N2O/c1-12-3-2-9(11-12)13-7-10-4-8(5-10)6-10/h2-3,8H,4-7H2,1H3. The summed E-state index contributed by atoms with van der Waals surface area (Å²) in [4.78, 5) is 0. The Kier molecular flexibility index (Phi) is 1.30. The molecule has 4 rings (SSSR count). The van der Waals surface area contributed by atoms with E-state index >= 15 is 0 Å². The van der Waals surface area contributed by atoms with Crippen LogP contribution in [-0.4, -0.2) is 16.4 Å². The maximum absolute atomic E-state index is 5.64. The van der Waals surface area contributed by atoms with Crippen LogP contribution in [0.2, 0.25) is 0 Å². The third-order valence-electron chi connectivity index (χ3n) is 3.38. The highest BCUT2D eigenvalue weighted by molar-refractivity contribution is 5.10. The van der Waals surface area contributed by atoms with Gasteiger partial charge in [0.1, 0.15) is 0 Å². The van der Waals surface area contributed by atoms with Gasteiger partial charge < -0.3 is 4.74 Å². The summed E-state index contributed by atoms with van der Waals surface area (Å²) in [6.45, 7) is 0.876. The van der Waals surface area contributed by atoms with Gasteiger partial charge in [-0.05, 0) is 25.2 Å². The van der Waals surface area contributed by atoms with Crippen molar-refractivity contribution >= 4 is 0 Å². The Morgan fingerprint density at radius 1 is 1.62 bits per heavy atom. The third kappa shape index (κ3) is 1.06. The Labute approximate surface area is 77.7 Å². The molecule has 0 unspecified atom stereocenters. The van der Waals surface area contributed by atoms with E-state index in [0.29, 0.717) is 5.41 Å². The van der Waals surface area contributed by atoms with Crippen molar-refractivity contribution in [2.75, 3.05) is 6.61 Å². The van der Waals surface area contributed by atoms with Crippen LogP contribution in [0.15, 0.2) is 12.3 Å². The molecule has 0 atom stereocenters. The molecule has 70 valence electrons. The van der Waals surface area contributed by atoms with Crippen LogP contribution in [0.25, 0.3) is 0 Å². The molecule has 0 aromatic carbocycles. The van der Waals surface area contributed by atoms with E-state index in [2.05, 4.69) is 5.10 Å². The van der Waals surface area contributed by atoms with Crippen molar-refractivity contribution in [3.8, 4) is 5.88 Å². The second-order valence-electron chi connectivity index (χ2n) is 4.59. The molecule has 0 aliphatic heterocycles. The van der Waals surface area contributed by atoms with Gasteiger partial charge in [-0.2, -0.15) is 0 Å². The van der Waals surface area contributed by atoms with E-state index in [1.54, 1.807) is 4.68 Å². The second kappa shape index (κ2) is 2.28. The Morgan fingerprint density at radius 3 is 2.85 bits per heavy atom. The van der Waals surface area contributed by atoms with E-state index in [4.69, 9.17) is 4.74 Å². The fourth-order valence-electron chi connectivity index (χ4n) is 2.53. The average Bonchev–Trinajstić information content (AvgIpc) is 2.29. The Bertz CT molecular complexity index is 314. The normalized spacial score (nSPS) is 35.0. The highest BCUT2D eigenvalue weighted by Gasteiger charge is 2.56. The fraction of sp³-hybridized carbons (Fsp3) is 0.700. The lowest BCUT2D eigenvalue weighted by molar-refractivity contribution is -0.132. The molecule has 0 amide bonds. The van der Waals surface area contributed by atoms with Crippen LogP contribution in [0, 0.1) is 11.3 Å². The molecule has 1 heterocycles. The Balaban J connectivity index is 1.58. The van der Waals surface area contributed by atoms with Gasteiger partial charge in [-0.1, -0.05) is 0 Å². The van der Waals surface area contributed by atoms with Gasteiger partial charge in [0.05, 0.1) is 6.61 Å². The minimum atomic E-state index is 0.558. The van der Waals surface area contributed by atoms with E-state index in [9.17, 15) is 0 Å². The Hall–Kier alpha value is -0.990. The van der Waals surface area contributed by atoms with Crippen molar-refractivity contribution in [3.63, 3.8) is 0 Å². The van der Waals surface area contributed by atoms with Gasteiger partial charge in [0.25, 0.3) is 0 Å². The molecule has 13 heavy (non-hydrogen) atoms. The molecule has 3 aliphatic carbocycles. The number of aromatic nitrogens is 2. The van der Waals surface area contributed by atoms with Gasteiger partial charge in [0, 0.05) is 24.7 Å². The summed E-state index contributed by atoms with van der Waals surface area (Å²) in [7, 11) is 1.91. The van der Waals surface area contributed by atoms with Crippen LogP contribution in [-0.2, 0) is 7.05 Å². The van der Waals surface area contributed by atoms with Gasteiger partial charge in [0.15, 0.2) is 0 Å². The first-order valence-electron chi connectivity index (χ1n) is 4.88. The predicted molar refractivity (Wildman–Crippen MR) is 48.5 cm³/mol. The molecule has 0 saturated heterocycles. The van der Waals surface area contributed by atoms with Gasteiger partial charge in [-0.15, -0.1) is 5.10 Å². The lowest BCUT2D eigenvalue weighted by Crippen LogP contribution is -2.55. The van der Waals surface area contributed by atoms with E-state index in [-0.39, 0.29) is 0 Å². The van der Waals surface area contributed by atoms with Gasteiger partial charge in [-0.25, -0.2) is 0 Å². The maximum atomic E-state index is 5.64. The number of nitrogens with zero attached hydrogens (tertiary/aromatic N) is 2. The molecule has 3 aliphatic rings. The quantitative estimate of drug-likeness (QED) is 0.703. The molecule has 1 aromatic heterocycles. The molecule has 3 nitrogen and oxygen atoms in total. The van der Waals surface area contributed by atoms with Crippen LogP contribution in [0.3, 0.4) is 0 Å². The zero-order valence-electron chi connectivity index (χ0n) is 7.86. The van der Waals surface area contributed by atoms with Crippen molar-refractivity contribution in [3.05, 3.63) is 12.3 Å². The number of aryl methyl sites for hydroxylation is 1. The smallest absolute Gasteiger partial charge is 0.232 e. The molecule has 0 N–H and O–H groups in total. The summed E-state index contributed by atoms with van der Waals surface area (Å²) in [6.07, 6.45) is 6.08. The number of rotatable bonds is 3. The predicted octanol–water partition coefficient (Wildman–Crippen LogP) is 1.60. The summed E-state index contributed by atoms with van der Waals surface area (Å²) in [6, 6.07) is 1.92. The first kappa shape index (κ1) is 7.42. The third-order valence-corrected chi connectivity index (χ3v) is 3.38. The highest BCUT2D eigenvalue weighted by Crippen LogP contribution is 2.64. The number of hydrogen-bond acceptors (Lipinski definition) is 2. The van der Waals surface area contributed by atoms with E-state index in [1.165, 1.54) is 19.3 Å². The lowest BCUT2D eigenvalue weighted by atomic mass is 9.45. The highest BCUT2D eigenvalue weighted by atomic mass is 16.5. The summed E-state index contributed by atoms with van der Waals surface area (Å²) in [5, 5.41) is 4.18. The first-order valence-corrected chi connectivity index (χ1v) is 4.88. The van der Waals surface area contributed by atoms with Gasteiger partial charge in [0.2, 0.25) is 5.88 Å². The number of hydrogen-bond donors (Lipinski definition) is 0. The monoisotopic (exact) mass is 178 g/mol. The first-order chi connectivity index (χ1) is 6.26. The molecular weight excluding hydrogens is 164 g/mol. The van der Waals surface area contributed by atoms with Crippen molar-refractivity contribution < 1.29 is 4.74 Å². The molecule has 3 saturated carbocycles. The second-order valence-corrected chi connectivity index (χ2v) is 4.59. The van der Waals surface area contributed by atoms with Crippen molar-refractivity contribution in [1.82, 2.24) is 9.78 Å². The van der Waals surface area contributed by atoms with Crippen molar-refractivity contribution in [2.45, 2.75) is 19.3 Å². The molecule has 0 radical (unpaired) electrons. The Morgan fingerprint density at radius 2 is 2.38 bits per heavy atom. The largest absolute Gasteiger partial charge is 0.476 e. The molecular formula is C10H14N2O. The van der Waals surface area contributed by atoms with E-state index in [1.807, 2.05) is 19.3 Å². The fourth-order valence-corrected chi connectivity index (χ4v) is 2.53. The molecule has 0 spiro atoms. The minimum Gasteiger partial charge on any atom is -0.476 e. The summed E-state index contributed by atoms with van der Waals surface area (Å²) in [5.41, 5.74) is 0.558. The zero-order valence-corrected chi connectivity index (χ0v) is 7.86. The van der Waals surface area contributed by atoms with Gasteiger partial charge in [-0.3, -0.25) is 4.68 Å². The van der Waals surface area contributed by atoms with Crippen LogP contribution in [0.4, 0.5) is 0 Å². The number of ether oxygens (including phenoxy) is 1. The van der Waals surface area contributed by atoms with Crippen molar-refractivity contribution in [1.29, 1.82) is 0 Å². The van der Waals surface area contributed by atoms with Gasteiger partial charge >= 0.3 is 0 Å². The molecule has 3 fully saturated rings. The topological polar surface area (TPSA) is 27.1 Å². The zero-order chi connectivity index (χ0) is 8.89. The van der Waals surface area contributed by atoms with Crippen LogP contribution in [0.1, 0.15) is 19.3 Å². The SMILES string of the molecule is Cn1ccc(OCC23CC(C2)C3)n1. The minimum absolute atomic E-state index is 0.558. The average molecular weight is 178 g/mol. The maximum Gasteiger partial charge on any atom is 0.232 e. The molecule has 3 heteroatoms. The molecule has 1 aromatic rings. The van der Waals surface area contributed by atoms with E-state index < -0.39 is 0 Å². The summed E-state index contributed by atoms with van der Waals surface area (Å²) < 4.78 is 7.41. The van der Waals surface area contributed by atoms with Crippen LogP contribution in [0.5, 0.6) is 5.88 Å². The lowest BCUT2D eigenvalue weighted by Gasteiger charge is -2.61. The summed E-state index contributed by atoms with van der Waals surface area (Å²) in [5.74, 6) is 1.81. The van der Waals surface area contributed by atoms with E-state index in [0.717, 1.165) is 18.4 Å². The van der Waals surface area contributed by atoms with Crippen molar-refractivity contribution in [2.24, 2.45) is 18.4 Å².